The van der Waals surface area contributed by atoms with Gasteiger partial charge in [-0.05, 0) is 32.0 Å². The van der Waals surface area contributed by atoms with E-state index in [2.05, 4.69) is 0 Å². The Morgan fingerprint density at radius 3 is 2.37 bits per heavy atom. The third kappa shape index (κ3) is 2.15. The Hall–Kier alpha value is -3.23. The maximum atomic E-state index is 13.3. The summed E-state index contributed by atoms with van der Waals surface area (Å²) in [6.07, 6.45) is -5.32. The molecule has 1 fully saturated rings. The molecule has 4 N–H and O–H groups in total. The molecule has 2 aliphatic rings. The number of aliphatic carboxylic acids is 1. The number of aromatic nitrogens is 1. The van der Waals surface area contributed by atoms with Crippen LogP contribution >= 0.6 is 0 Å². The number of carboxylic acids is 1. The van der Waals surface area contributed by atoms with E-state index < -0.39 is 58.3 Å². The van der Waals surface area contributed by atoms with Crippen molar-refractivity contribution in [1.29, 1.82) is 5.26 Å². The number of aliphatic hydroxyl groups is 1. The highest BCUT2D eigenvalue weighted by atomic mass is 19.4. The Bertz CT molecular complexity index is 1170. The van der Waals surface area contributed by atoms with Crippen molar-refractivity contribution >= 4 is 5.97 Å². The van der Waals surface area contributed by atoms with Crippen LogP contribution in [0.2, 0.25) is 0 Å². The van der Waals surface area contributed by atoms with Gasteiger partial charge in [0.25, 0.3) is 0 Å². The lowest BCUT2D eigenvalue weighted by molar-refractivity contribution is -0.180. The molecule has 2 aromatic rings. The zero-order valence-electron chi connectivity index (χ0n) is 15.6. The monoisotopic (exact) mass is 424 g/mol. The predicted molar refractivity (Wildman–Crippen MR) is 91.8 cm³/mol. The van der Waals surface area contributed by atoms with E-state index in [4.69, 9.17) is 10.00 Å². The van der Waals surface area contributed by atoms with Crippen molar-refractivity contribution < 1.29 is 43.1 Å². The smallest absolute Gasteiger partial charge is 0.417 e. The highest BCUT2D eigenvalue weighted by Gasteiger charge is 2.74. The number of hydrogen-bond donors (Lipinski definition) is 4. The van der Waals surface area contributed by atoms with Gasteiger partial charge in [-0.3, -0.25) is 4.57 Å². The van der Waals surface area contributed by atoms with Crippen LogP contribution in [-0.4, -0.2) is 36.6 Å². The van der Waals surface area contributed by atoms with E-state index in [0.29, 0.717) is 10.6 Å². The average Bonchev–Trinajstić information content (AvgIpc) is 3.13. The Kier molecular flexibility index (Phi) is 3.66. The van der Waals surface area contributed by atoms with Crippen molar-refractivity contribution in [1.82, 2.24) is 4.57 Å². The fraction of sp³-hybridized carbons (Fsp3) is 0.368. The number of fused-ring (bicyclic) bond motifs is 5. The number of rotatable bonds is 2. The second kappa shape index (κ2) is 5.47. The molecule has 0 amide bonds. The molecule has 158 valence electrons. The van der Waals surface area contributed by atoms with E-state index in [-0.39, 0.29) is 16.8 Å². The van der Waals surface area contributed by atoms with Gasteiger partial charge in [0.15, 0.2) is 5.60 Å². The number of benzene rings is 1. The van der Waals surface area contributed by atoms with Crippen LogP contribution in [-0.2, 0) is 26.9 Å². The summed E-state index contributed by atoms with van der Waals surface area (Å²) in [6.45, 7) is 2.63. The van der Waals surface area contributed by atoms with E-state index in [1.807, 2.05) is 0 Å². The van der Waals surface area contributed by atoms with Gasteiger partial charge >= 0.3 is 12.1 Å². The molecule has 0 aliphatic carbocycles. The summed E-state index contributed by atoms with van der Waals surface area (Å²) < 4.78 is 46.4. The van der Waals surface area contributed by atoms with Gasteiger partial charge < -0.3 is 25.2 Å². The Balaban J connectivity index is 2.00. The minimum absolute atomic E-state index is 0.0219. The lowest BCUT2D eigenvalue weighted by atomic mass is 9.69. The van der Waals surface area contributed by atoms with Crippen LogP contribution < -0.4 is 0 Å². The first-order chi connectivity index (χ1) is 13.7. The minimum atomic E-state index is -4.87. The molecule has 1 aromatic carbocycles. The molecule has 0 saturated carbocycles. The first kappa shape index (κ1) is 20.1. The predicted octanol–water partition coefficient (Wildman–Crippen LogP) is 2.46. The van der Waals surface area contributed by atoms with Crippen molar-refractivity contribution in [2.75, 3.05) is 0 Å². The Labute approximate surface area is 167 Å². The molecule has 3 atom stereocenters. The molecule has 4 rings (SSSR count). The number of nitrogens with zero attached hydrogens (tertiary/aromatic N) is 2. The second-order valence-electron chi connectivity index (χ2n) is 7.78. The fourth-order valence-electron chi connectivity index (χ4n) is 4.65. The summed E-state index contributed by atoms with van der Waals surface area (Å²) in [4.78, 5) is 11.7. The molecule has 8 nitrogen and oxygen atoms in total. The van der Waals surface area contributed by atoms with Crippen LogP contribution in [0.3, 0.4) is 0 Å². The van der Waals surface area contributed by atoms with Crippen LogP contribution in [0.25, 0.3) is 5.69 Å². The SMILES string of the molecule is C[C@]12CC(O)(C(=O)O)[C@@](C)(O1)c1c2c(O)n(-c2ccc(C#N)c(C(F)(F)F)c2)c1O. The van der Waals surface area contributed by atoms with Crippen molar-refractivity contribution in [3.05, 3.63) is 40.5 Å². The van der Waals surface area contributed by atoms with Crippen molar-refractivity contribution in [2.45, 2.75) is 43.2 Å². The largest absolute Gasteiger partial charge is 0.494 e. The standard InChI is InChI=1S/C19H15F3N2O6/c1-16-7-18(29,15(27)28)17(2,30-16)12-11(16)13(25)24(14(12)26)9-4-3-8(6-23)10(5-9)19(20,21)22/h3-5,25-26,29H,7H2,1-2H3,(H,27,28)/t16-,17+,18?/m1/s1. The van der Waals surface area contributed by atoms with Gasteiger partial charge in [-0.2, -0.15) is 18.4 Å². The number of hydrogen-bond acceptors (Lipinski definition) is 6. The van der Waals surface area contributed by atoms with E-state index in [0.717, 1.165) is 12.1 Å². The Morgan fingerprint density at radius 1 is 1.23 bits per heavy atom. The van der Waals surface area contributed by atoms with Crippen molar-refractivity contribution in [3.63, 3.8) is 0 Å². The Morgan fingerprint density at radius 2 is 1.83 bits per heavy atom. The lowest BCUT2D eigenvalue weighted by Gasteiger charge is -2.34. The van der Waals surface area contributed by atoms with Crippen LogP contribution in [0, 0.1) is 11.3 Å². The molecule has 2 bridgehead atoms. The fourth-order valence-corrected chi connectivity index (χ4v) is 4.65. The van der Waals surface area contributed by atoms with Crippen molar-refractivity contribution in [2.24, 2.45) is 0 Å². The quantitative estimate of drug-likeness (QED) is 0.581. The van der Waals surface area contributed by atoms with Gasteiger partial charge in [0.1, 0.15) is 11.2 Å². The highest BCUT2D eigenvalue weighted by Crippen LogP contribution is 2.67. The van der Waals surface area contributed by atoms with E-state index in [9.17, 15) is 38.4 Å². The van der Waals surface area contributed by atoms with Gasteiger partial charge in [-0.15, -0.1) is 0 Å². The molecule has 1 unspecified atom stereocenters. The molecule has 1 aromatic heterocycles. The van der Waals surface area contributed by atoms with E-state index in [1.165, 1.54) is 19.9 Å². The van der Waals surface area contributed by atoms with Crippen molar-refractivity contribution in [3.8, 4) is 23.5 Å². The normalized spacial score (nSPS) is 29.6. The molecule has 30 heavy (non-hydrogen) atoms. The summed E-state index contributed by atoms with van der Waals surface area (Å²) in [7, 11) is 0. The molecule has 0 spiro atoms. The zero-order chi connectivity index (χ0) is 22.4. The van der Waals surface area contributed by atoms with Gasteiger partial charge in [0.05, 0.1) is 34.0 Å². The maximum absolute atomic E-state index is 13.3. The zero-order valence-corrected chi connectivity index (χ0v) is 15.6. The number of carboxylic acid groups (broad SMARTS) is 1. The summed E-state index contributed by atoms with van der Waals surface area (Å²) in [6, 6.07) is 4.01. The number of nitriles is 1. The van der Waals surface area contributed by atoms with Gasteiger partial charge in [0, 0.05) is 6.42 Å². The molecular formula is C19H15F3N2O6. The first-order valence-corrected chi connectivity index (χ1v) is 8.66. The molecule has 11 heteroatoms. The van der Waals surface area contributed by atoms with Crippen LogP contribution in [0.15, 0.2) is 18.2 Å². The third-order valence-corrected chi connectivity index (χ3v) is 5.98. The first-order valence-electron chi connectivity index (χ1n) is 8.66. The number of halogens is 3. The molecule has 0 radical (unpaired) electrons. The topological polar surface area (TPSA) is 136 Å². The molecule has 2 aliphatic heterocycles. The number of alkyl halides is 3. The van der Waals surface area contributed by atoms with E-state index in [1.54, 1.807) is 0 Å². The molecule has 1 saturated heterocycles. The summed E-state index contributed by atoms with van der Waals surface area (Å²) >= 11 is 0. The van der Waals surface area contributed by atoms with E-state index >= 15 is 0 Å². The number of ether oxygens (including phenoxy) is 1. The second-order valence-corrected chi connectivity index (χ2v) is 7.78. The van der Waals surface area contributed by atoms with Crippen LogP contribution in [0.5, 0.6) is 11.8 Å². The average molecular weight is 424 g/mol. The molecule has 3 heterocycles. The summed E-state index contributed by atoms with van der Waals surface area (Å²) in [5, 5.41) is 50.8. The minimum Gasteiger partial charge on any atom is -0.494 e. The van der Waals surface area contributed by atoms with Crippen LogP contribution in [0.4, 0.5) is 13.2 Å². The third-order valence-electron chi connectivity index (χ3n) is 5.98. The van der Waals surface area contributed by atoms with Gasteiger partial charge in [0.2, 0.25) is 11.8 Å². The van der Waals surface area contributed by atoms with Crippen LogP contribution in [0.1, 0.15) is 42.5 Å². The maximum Gasteiger partial charge on any atom is 0.417 e. The molecular weight excluding hydrogens is 409 g/mol. The highest BCUT2D eigenvalue weighted by molar-refractivity contribution is 5.83. The summed E-state index contributed by atoms with van der Waals surface area (Å²) in [5.41, 5.74) is -8.38. The lowest BCUT2D eigenvalue weighted by Crippen LogP contribution is -2.53. The van der Waals surface area contributed by atoms with Gasteiger partial charge in [-0.1, -0.05) is 0 Å². The number of aromatic hydroxyl groups is 2. The number of carbonyl (C=O) groups is 1. The van der Waals surface area contributed by atoms with Gasteiger partial charge in [-0.25, -0.2) is 4.79 Å². The summed E-state index contributed by atoms with van der Waals surface area (Å²) in [5.74, 6) is -3.03.